The Hall–Kier alpha value is -2.42. The Labute approximate surface area is 122 Å². The van der Waals surface area contributed by atoms with E-state index in [0.29, 0.717) is 5.56 Å². The van der Waals surface area contributed by atoms with Gasteiger partial charge in [-0.1, -0.05) is 19.1 Å². The molecule has 1 N–H and O–H groups in total. The molecule has 112 valence electrons. The van der Waals surface area contributed by atoms with E-state index in [9.17, 15) is 14.0 Å². The Morgan fingerprint density at radius 1 is 1.38 bits per heavy atom. The van der Waals surface area contributed by atoms with Crippen LogP contribution in [0.5, 0.6) is 0 Å². The predicted molar refractivity (Wildman–Crippen MR) is 73.4 cm³/mol. The van der Waals surface area contributed by atoms with Crippen LogP contribution in [0.4, 0.5) is 4.39 Å². The highest BCUT2D eigenvalue weighted by atomic mass is 19.1. The smallest absolute Gasteiger partial charge is 0.328 e. The summed E-state index contributed by atoms with van der Waals surface area (Å²) in [6, 6.07) is 6.61. The molecule has 0 radical (unpaired) electrons. The van der Waals surface area contributed by atoms with Crippen molar-refractivity contribution in [2.45, 2.75) is 25.8 Å². The van der Waals surface area contributed by atoms with Crippen molar-refractivity contribution in [3.05, 3.63) is 35.6 Å². The van der Waals surface area contributed by atoms with Gasteiger partial charge in [0.05, 0.1) is 19.6 Å². The number of hydrogen-bond acceptors (Lipinski definition) is 4. The number of ether oxygens (including phenoxy) is 1. The number of nitrogens with one attached hydrogen (secondary N) is 1. The van der Waals surface area contributed by atoms with Crippen LogP contribution >= 0.6 is 0 Å². The van der Waals surface area contributed by atoms with Crippen molar-refractivity contribution in [3.8, 4) is 6.07 Å². The highest BCUT2D eigenvalue weighted by molar-refractivity contribution is 5.85. The van der Waals surface area contributed by atoms with E-state index in [-0.39, 0.29) is 30.5 Å². The van der Waals surface area contributed by atoms with Crippen molar-refractivity contribution < 1.29 is 18.7 Å². The monoisotopic (exact) mass is 292 g/mol. The van der Waals surface area contributed by atoms with Gasteiger partial charge >= 0.3 is 5.97 Å². The standard InChI is InChI=1S/C15H17FN2O3/c1-10(7-8-17)14(15(20)21-2)18-13(19)9-11-3-5-12(16)6-4-11/h3-6,10,14H,7,9H2,1-2H3,(H,18,19)/t10-,14-/m1/s1. The Morgan fingerprint density at radius 2 is 2.00 bits per heavy atom. The molecule has 0 aliphatic heterocycles. The first kappa shape index (κ1) is 16.6. The van der Waals surface area contributed by atoms with E-state index in [1.165, 1.54) is 31.4 Å². The Bertz CT molecular complexity index is 537. The van der Waals surface area contributed by atoms with E-state index in [0.717, 1.165) is 0 Å². The third kappa shape index (κ3) is 5.22. The Kier molecular flexibility index (Phi) is 6.34. The van der Waals surface area contributed by atoms with E-state index < -0.39 is 12.0 Å². The number of carbonyl (C=O) groups excluding carboxylic acids is 2. The minimum absolute atomic E-state index is 0.0209. The van der Waals surface area contributed by atoms with Gasteiger partial charge in [-0.05, 0) is 17.7 Å². The van der Waals surface area contributed by atoms with Crippen molar-refractivity contribution in [1.29, 1.82) is 5.26 Å². The summed E-state index contributed by atoms with van der Waals surface area (Å²) in [7, 11) is 1.22. The number of halogens is 1. The molecule has 1 rings (SSSR count). The maximum atomic E-state index is 12.8. The summed E-state index contributed by atoms with van der Waals surface area (Å²) in [6.07, 6.45) is 0.143. The molecular formula is C15H17FN2O3. The molecule has 0 fully saturated rings. The first-order chi connectivity index (χ1) is 9.97. The molecule has 0 saturated carbocycles. The maximum Gasteiger partial charge on any atom is 0.328 e. The number of rotatable bonds is 6. The van der Waals surface area contributed by atoms with Gasteiger partial charge < -0.3 is 10.1 Å². The number of nitriles is 1. The lowest BCUT2D eigenvalue weighted by atomic mass is 9.98. The molecule has 2 atom stereocenters. The summed E-state index contributed by atoms with van der Waals surface area (Å²) >= 11 is 0. The average molecular weight is 292 g/mol. The van der Waals surface area contributed by atoms with Gasteiger partial charge in [-0.3, -0.25) is 4.79 Å². The Balaban J connectivity index is 2.69. The largest absolute Gasteiger partial charge is 0.467 e. The molecule has 0 aromatic heterocycles. The molecule has 6 heteroatoms. The van der Waals surface area contributed by atoms with Crippen LogP contribution in [0.3, 0.4) is 0 Å². The molecule has 0 heterocycles. The Morgan fingerprint density at radius 3 is 2.52 bits per heavy atom. The summed E-state index contributed by atoms with van der Waals surface area (Å²) in [5, 5.41) is 11.2. The molecule has 0 spiro atoms. The lowest BCUT2D eigenvalue weighted by Crippen LogP contribution is -2.46. The second-order valence-electron chi connectivity index (χ2n) is 4.71. The van der Waals surface area contributed by atoms with Gasteiger partial charge in [0.15, 0.2) is 0 Å². The van der Waals surface area contributed by atoms with Gasteiger partial charge in [-0.15, -0.1) is 0 Å². The van der Waals surface area contributed by atoms with Crippen LogP contribution in [0.1, 0.15) is 18.9 Å². The topological polar surface area (TPSA) is 79.2 Å². The van der Waals surface area contributed by atoms with Gasteiger partial charge in [-0.25, -0.2) is 9.18 Å². The minimum atomic E-state index is -0.873. The van der Waals surface area contributed by atoms with Crippen LogP contribution in [-0.4, -0.2) is 25.0 Å². The molecule has 1 aromatic carbocycles. The second kappa shape index (κ2) is 8.00. The highest BCUT2D eigenvalue weighted by Gasteiger charge is 2.27. The van der Waals surface area contributed by atoms with Crippen LogP contribution in [0.25, 0.3) is 0 Å². The van der Waals surface area contributed by atoms with Gasteiger partial charge in [0, 0.05) is 12.3 Å². The molecule has 21 heavy (non-hydrogen) atoms. The summed E-state index contributed by atoms with van der Waals surface area (Å²) in [4.78, 5) is 23.6. The quantitative estimate of drug-likeness (QED) is 0.807. The number of nitrogens with zero attached hydrogens (tertiary/aromatic N) is 1. The van der Waals surface area contributed by atoms with Gasteiger partial charge in [0.2, 0.25) is 5.91 Å². The van der Waals surface area contributed by atoms with Gasteiger partial charge in [-0.2, -0.15) is 5.26 Å². The second-order valence-corrected chi connectivity index (χ2v) is 4.71. The fraction of sp³-hybridized carbons (Fsp3) is 0.400. The third-order valence-electron chi connectivity index (χ3n) is 3.03. The highest BCUT2D eigenvalue weighted by Crippen LogP contribution is 2.10. The van der Waals surface area contributed by atoms with Crippen molar-refractivity contribution in [1.82, 2.24) is 5.32 Å². The zero-order valence-electron chi connectivity index (χ0n) is 11.9. The number of hydrogen-bond donors (Lipinski definition) is 1. The third-order valence-corrected chi connectivity index (χ3v) is 3.03. The van der Waals surface area contributed by atoms with Crippen molar-refractivity contribution in [3.63, 3.8) is 0 Å². The lowest BCUT2D eigenvalue weighted by molar-refractivity contribution is -0.146. The molecule has 1 amide bonds. The van der Waals surface area contributed by atoms with Crippen LogP contribution in [0.15, 0.2) is 24.3 Å². The zero-order chi connectivity index (χ0) is 15.8. The first-order valence-electron chi connectivity index (χ1n) is 6.46. The summed E-state index contributed by atoms with van der Waals surface area (Å²) in [6.45, 7) is 1.68. The summed E-state index contributed by atoms with van der Waals surface area (Å²) in [5.74, 6) is -1.72. The van der Waals surface area contributed by atoms with Gasteiger partial charge in [0.25, 0.3) is 0 Å². The molecule has 0 aliphatic rings. The van der Waals surface area contributed by atoms with Crippen LogP contribution in [0, 0.1) is 23.1 Å². The molecule has 0 unspecified atom stereocenters. The molecule has 5 nitrogen and oxygen atoms in total. The molecular weight excluding hydrogens is 275 g/mol. The first-order valence-corrected chi connectivity index (χ1v) is 6.46. The molecule has 0 saturated heterocycles. The number of amides is 1. The van der Waals surface area contributed by atoms with E-state index in [2.05, 4.69) is 10.1 Å². The van der Waals surface area contributed by atoms with Crippen LogP contribution in [-0.2, 0) is 20.7 Å². The van der Waals surface area contributed by atoms with Crippen molar-refractivity contribution >= 4 is 11.9 Å². The van der Waals surface area contributed by atoms with Crippen LogP contribution < -0.4 is 5.32 Å². The molecule has 0 aliphatic carbocycles. The molecule has 0 bridgehead atoms. The van der Waals surface area contributed by atoms with E-state index in [4.69, 9.17) is 5.26 Å². The SMILES string of the molecule is COC(=O)[C@H](NC(=O)Cc1ccc(F)cc1)[C@H](C)CC#N. The fourth-order valence-corrected chi connectivity index (χ4v) is 1.83. The van der Waals surface area contributed by atoms with Crippen molar-refractivity contribution in [2.75, 3.05) is 7.11 Å². The predicted octanol–water partition coefficient (Wildman–Crippen LogP) is 1.58. The molecule has 1 aromatic rings. The number of esters is 1. The van der Waals surface area contributed by atoms with E-state index in [1.807, 2.05) is 6.07 Å². The average Bonchev–Trinajstić information content (AvgIpc) is 2.46. The van der Waals surface area contributed by atoms with E-state index in [1.54, 1.807) is 6.92 Å². The maximum absolute atomic E-state index is 12.8. The zero-order valence-corrected chi connectivity index (χ0v) is 11.9. The number of carbonyl (C=O) groups is 2. The van der Waals surface area contributed by atoms with Crippen LogP contribution in [0.2, 0.25) is 0 Å². The van der Waals surface area contributed by atoms with Crippen molar-refractivity contribution in [2.24, 2.45) is 5.92 Å². The van der Waals surface area contributed by atoms with E-state index >= 15 is 0 Å². The fourth-order valence-electron chi connectivity index (χ4n) is 1.83. The number of benzene rings is 1. The summed E-state index contributed by atoms with van der Waals surface area (Å²) in [5.41, 5.74) is 0.630. The normalized spacial score (nSPS) is 12.9. The lowest BCUT2D eigenvalue weighted by Gasteiger charge is -2.21. The summed E-state index contributed by atoms with van der Waals surface area (Å²) < 4.78 is 17.4. The van der Waals surface area contributed by atoms with Gasteiger partial charge in [0.1, 0.15) is 11.9 Å². The number of methoxy groups -OCH3 is 1. The minimum Gasteiger partial charge on any atom is -0.467 e.